The van der Waals surface area contributed by atoms with E-state index in [9.17, 15) is 0 Å². The first-order chi connectivity index (χ1) is 24.6. The summed E-state index contributed by atoms with van der Waals surface area (Å²) in [6, 6.07) is 46.4. The molecule has 0 bridgehead atoms. The second-order valence-corrected chi connectivity index (χ2v) is 15.1. The standard InChI is InChI=1S/C43H22ClN3OS2/c44-34-22-39-32(29-16-13-23-7-1-2-8-26(23)40(29)50-39)21-33(34)43-46-41(24-14-17-36-30(19-24)27-9-3-5-11-35(27)48-36)45-42(47-43)25-15-18-38-31(20-25)28-10-4-6-12-37(28)49-38/h1-22H. The molecule has 234 valence electrons. The summed E-state index contributed by atoms with van der Waals surface area (Å²) in [5.41, 5.74) is 4.24. The highest BCUT2D eigenvalue weighted by Gasteiger charge is 2.19. The first kappa shape index (κ1) is 28.2. The van der Waals surface area contributed by atoms with E-state index in [-0.39, 0.29) is 0 Å². The third-order valence-electron chi connectivity index (χ3n) is 9.60. The fourth-order valence-electron chi connectivity index (χ4n) is 7.18. The van der Waals surface area contributed by atoms with E-state index >= 15 is 0 Å². The highest BCUT2D eigenvalue weighted by atomic mass is 35.5. The van der Waals surface area contributed by atoms with Gasteiger partial charge in [0.05, 0.1) is 5.02 Å². The number of para-hydroxylation sites is 1. The Morgan fingerprint density at radius 2 is 1.10 bits per heavy atom. The zero-order valence-electron chi connectivity index (χ0n) is 26.1. The van der Waals surface area contributed by atoms with Crippen LogP contribution in [-0.4, -0.2) is 15.0 Å². The lowest BCUT2D eigenvalue weighted by Gasteiger charge is -2.10. The Labute approximate surface area is 297 Å². The minimum absolute atomic E-state index is 0.532. The van der Waals surface area contributed by atoms with Crippen LogP contribution in [0.25, 0.3) is 107 Å². The lowest BCUT2D eigenvalue weighted by molar-refractivity contribution is 0.669. The van der Waals surface area contributed by atoms with Crippen LogP contribution in [-0.2, 0) is 0 Å². The van der Waals surface area contributed by atoms with Crippen molar-refractivity contribution in [2.45, 2.75) is 0 Å². The van der Waals surface area contributed by atoms with Gasteiger partial charge in [-0.1, -0.05) is 84.4 Å². The monoisotopic (exact) mass is 695 g/mol. The molecule has 0 aliphatic heterocycles. The van der Waals surface area contributed by atoms with Crippen LogP contribution in [0.15, 0.2) is 138 Å². The zero-order valence-corrected chi connectivity index (χ0v) is 28.5. The summed E-state index contributed by atoms with van der Waals surface area (Å²) >= 11 is 10.7. The van der Waals surface area contributed by atoms with Crippen molar-refractivity contribution >= 4 is 107 Å². The molecule has 4 heterocycles. The van der Waals surface area contributed by atoms with E-state index in [1.54, 1.807) is 22.7 Å². The van der Waals surface area contributed by atoms with Gasteiger partial charge in [0, 0.05) is 67.8 Å². The summed E-state index contributed by atoms with van der Waals surface area (Å²) in [5.74, 6) is 1.70. The average Bonchev–Trinajstić information content (AvgIpc) is 3.84. The van der Waals surface area contributed by atoms with Gasteiger partial charge in [0.15, 0.2) is 17.5 Å². The summed E-state index contributed by atoms with van der Waals surface area (Å²) in [7, 11) is 0. The molecule has 0 N–H and O–H groups in total. The van der Waals surface area contributed by atoms with Gasteiger partial charge in [-0.3, -0.25) is 0 Å². The van der Waals surface area contributed by atoms with Gasteiger partial charge < -0.3 is 4.42 Å². The maximum atomic E-state index is 7.13. The second-order valence-electron chi connectivity index (χ2n) is 12.5. The number of hydrogen-bond donors (Lipinski definition) is 0. The fraction of sp³-hybridized carbons (Fsp3) is 0. The molecule has 11 rings (SSSR count). The van der Waals surface area contributed by atoms with E-state index in [1.807, 2.05) is 30.3 Å². The van der Waals surface area contributed by atoms with E-state index in [0.717, 1.165) is 48.7 Å². The smallest absolute Gasteiger partial charge is 0.165 e. The van der Waals surface area contributed by atoms with E-state index in [0.29, 0.717) is 22.5 Å². The summed E-state index contributed by atoms with van der Waals surface area (Å²) in [6.07, 6.45) is 0. The molecule has 4 aromatic heterocycles. The van der Waals surface area contributed by atoms with Crippen LogP contribution in [0.4, 0.5) is 0 Å². The minimum atomic E-state index is 0.532. The Bertz CT molecular complexity index is 3060. The van der Waals surface area contributed by atoms with E-state index < -0.39 is 0 Å². The van der Waals surface area contributed by atoms with Gasteiger partial charge in [0.2, 0.25) is 0 Å². The van der Waals surface area contributed by atoms with Gasteiger partial charge >= 0.3 is 0 Å². The molecule has 0 aliphatic rings. The molecular weight excluding hydrogens is 674 g/mol. The summed E-state index contributed by atoms with van der Waals surface area (Å²) in [5, 5.41) is 9.89. The number of rotatable bonds is 3. The number of benzene rings is 7. The third-order valence-corrected chi connectivity index (χ3v) is 12.3. The normalized spacial score (nSPS) is 12.1. The zero-order chi connectivity index (χ0) is 32.9. The molecule has 0 saturated heterocycles. The van der Waals surface area contributed by atoms with Gasteiger partial charge in [-0.2, -0.15) is 0 Å². The fourth-order valence-corrected chi connectivity index (χ4v) is 9.84. The molecule has 0 atom stereocenters. The lowest BCUT2D eigenvalue weighted by atomic mass is 10.0. The molecule has 7 aromatic carbocycles. The third kappa shape index (κ3) is 4.26. The van der Waals surface area contributed by atoms with Crippen molar-refractivity contribution < 1.29 is 4.42 Å². The maximum Gasteiger partial charge on any atom is 0.165 e. The van der Waals surface area contributed by atoms with Crippen LogP contribution in [0, 0.1) is 0 Å². The first-order valence-corrected chi connectivity index (χ1v) is 18.3. The molecule has 0 aliphatic carbocycles. The first-order valence-electron chi connectivity index (χ1n) is 16.3. The van der Waals surface area contributed by atoms with Crippen molar-refractivity contribution in [2.75, 3.05) is 0 Å². The van der Waals surface area contributed by atoms with E-state index in [2.05, 4.69) is 103 Å². The molecule has 0 amide bonds. The SMILES string of the molecule is Clc1cc2sc3c4ccccc4ccc3c2cc1-c1nc(-c2ccc3oc4ccccc4c3c2)nc(-c2ccc3sc4ccccc4c3c2)n1. The van der Waals surface area contributed by atoms with Crippen molar-refractivity contribution in [3.63, 3.8) is 0 Å². The molecule has 4 nitrogen and oxygen atoms in total. The number of aromatic nitrogens is 3. The number of halogens is 1. The average molecular weight is 696 g/mol. The van der Waals surface area contributed by atoms with Crippen LogP contribution in [0.2, 0.25) is 5.02 Å². The summed E-state index contributed by atoms with van der Waals surface area (Å²) in [4.78, 5) is 15.4. The number of hydrogen-bond acceptors (Lipinski definition) is 6. The summed E-state index contributed by atoms with van der Waals surface area (Å²) in [6.45, 7) is 0. The quantitative estimate of drug-likeness (QED) is 0.185. The maximum absolute atomic E-state index is 7.13. The van der Waals surface area contributed by atoms with Crippen LogP contribution in [0.3, 0.4) is 0 Å². The van der Waals surface area contributed by atoms with Gasteiger partial charge in [-0.15, -0.1) is 22.7 Å². The Kier molecular flexibility index (Phi) is 6.02. The molecule has 0 radical (unpaired) electrons. The number of furan rings is 1. The predicted molar refractivity (Wildman–Crippen MR) is 212 cm³/mol. The Hall–Kier alpha value is -5.66. The highest BCUT2D eigenvalue weighted by Crippen LogP contribution is 2.43. The van der Waals surface area contributed by atoms with Gasteiger partial charge in [-0.25, -0.2) is 15.0 Å². The highest BCUT2D eigenvalue weighted by molar-refractivity contribution is 7.27. The molecule has 50 heavy (non-hydrogen) atoms. The second kappa shape index (κ2) is 10.7. The van der Waals surface area contributed by atoms with Crippen molar-refractivity contribution in [3.8, 4) is 34.2 Å². The molecule has 11 aromatic rings. The topological polar surface area (TPSA) is 51.8 Å². The molecule has 0 fully saturated rings. The minimum Gasteiger partial charge on any atom is -0.456 e. The van der Waals surface area contributed by atoms with Crippen molar-refractivity contribution in [1.82, 2.24) is 15.0 Å². The van der Waals surface area contributed by atoms with Crippen molar-refractivity contribution in [3.05, 3.63) is 138 Å². The van der Waals surface area contributed by atoms with E-state index in [1.165, 1.54) is 41.0 Å². The van der Waals surface area contributed by atoms with E-state index in [4.69, 9.17) is 31.0 Å². The number of thiophene rings is 2. The van der Waals surface area contributed by atoms with Gasteiger partial charge in [0.25, 0.3) is 0 Å². The Balaban J connectivity index is 1.16. The van der Waals surface area contributed by atoms with Crippen LogP contribution in [0.5, 0.6) is 0 Å². The molecule has 7 heteroatoms. The molecular formula is C43H22ClN3OS2. The summed E-state index contributed by atoms with van der Waals surface area (Å²) < 4.78 is 11.0. The van der Waals surface area contributed by atoms with Crippen molar-refractivity contribution in [1.29, 1.82) is 0 Å². The van der Waals surface area contributed by atoms with Crippen LogP contribution in [0.1, 0.15) is 0 Å². The Morgan fingerprint density at radius 3 is 1.98 bits per heavy atom. The lowest BCUT2D eigenvalue weighted by Crippen LogP contribution is -2.00. The number of fused-ring (bicyclic) bond motifs is 11. The molecule has 0 spiro atoms. The molecule has 0 saturated carbocycles. The van der Waals surface area contributed by atoms with Crippen molar-refractivity contribution in [2.24, 2.45) is 0 Å². The number of nitrogens with zero attached hydrogens (tertiary/aromatic N) is 3. The van der Waals surface area contributed by atoms with Crippen LogP contribution < -0.4 is 0 Å². The van der Waals surface area contributed by atoms with Gasteiger partial charge in [0.1, 0.15) is 11.2 Å². The largest absolute Gasteiger partial charge is 0.456 e. The van der Waals surface area contributed by atoms with Crippen LogP contribution >= 0.6 is 34.3 Å². The molecule has 0 unspecified atom stereocenters. The van der Waals surface area contributed by atoms with Gasteiger partial charge in [-0.05, 0) is 71.4 Å². The predicted octanol–water partition coefficient (Wildman–Crippen LogP) is 13.3. The Morgan fingerprint density at radius 1 is 0.440 bits per heavy atom.